The molecule has 0 fully saturated rings. The van der Waals surface area contributed by atoms with Crippen LogP contribution < -0.4 is 5.73 Å². The molecule has 1 rings (SSSR count). The Kier molecular flexibility index (Phi) is 4.14. The van der Waals surface area contributed by atoms with E-state index in [0.717, 1.165) is 10.9 Å². The molecule has 0 bridgehead atoms. The van der Waals surface area contributed by atoms with Gasteiger partial charge in [0.2, 0.25) is 0 Å². The van der Waals surface area contributed by atoms with E-state index in [4.69, 9.17) is 5.73 Å². The molecule has 2 heteroatoms. The molecule has 0 aliphatic rings. The van der Waals surface area contributed by atoms with Crippen LogP contribution in [0.4, 0.5) is 0 Å². The van der Waals surface area contributed by atoms with Gasteiger partial charge in [-0.2, -0.15) is 0 Å². The second-order valence-corrected chi connectivity index (χ2v) is 4.95. The van der Waals surface area contributed by atoms with Crippen molar-refractivity contribution < 1.29 is 0 Å². The lowest BCUT2D eigenvalue weighted by molar-refractivity contribution is 0.433. The van der Waals surface area contributed by atoms with E-state index in [2.05, 4.69) is 41.9 Å². The average Bonchev–Trinajstić information content (AvgIpc) is 2.15. The molecule has 0 aromatic heterocycles. The van der Waals surface area contributed by atoms with Gasteiger partial charge in [0.15, 0.2) is 0 Å². The van der Waals surface area contributed by atoms with E-state index >= 15 is 0 Å². The molecule has 1 unspecified atom stereocenters. The summed E-state index contributed by atoms with van der Waals surface area (Å²) in [5.74, 6) is 0. The summed E-state index contributed by atoms with van der Waals surface area (Å²) in [6.45, 7) is 4.29. The molecule has 1 aromatic carbocycles. The van der Waals surface area contributed by atoms with Gasteiger partial charge in [0.25, 0.3) is 0 Å². The molecule has 0 saturated carbocycles. The molecule has 0 aliphatic carbocycles. The second kappa shape index (κ2) is 4.94. The highest BCUT2D eigenvalue weighted by molar-refractivity contribution is 9.10. The zero-order valence-corrected chi connectivity index (χ0v) is 10.5. The van der Waals surface area contributed by atoms with Gasteiger partial charge in [-0.1, -0.05) is 47.8 Å². The van der Waals surface area contributed by atoms with Crippen molar-refractivity contribution in [1.82, 2.24) is 0 Å². The number of nitrogens with two attached hydrogens (primary N) is 1. The van der Waals surface area contributed by atoms with Crippen LogP contribution in [0.1, 0.15) is 38.7 Å². The molecule has 2 N–H and O–H groups in total. The van der Waals surface area contributed by atoms with E-state index in [1.54, 1.807) is 0 Å². The number of unbranched alkanes of at least 4 members (excludes halogenated alkanes) is 1. The SMILES string of the molecule is CCCCC(C)(N)c1cccc(Br)c1. The van der Waals surface area contributed by atoms with Gasteiger partial charge < -0.3 is 5.73 Å². The molecular formula is C12H18BrN. The fourth-order valence-corrected chi connectivity index (χ4v) is 1.93. The maximum absolute atomic E-state index is 6.27. The summed E-state index contributed by atoms with van der Waals surface area (Å²) in [7, 11) is 0. The number of hydrogen-bond acceptors (Lipinski definition) is 1. The first-order chi connectivity index (χ1) is 6.56. The Hall–Kier alpha value is -0.340. The van der Waals surface area contributed by atoms with Gasteiger partial charge in [-0.05, 0) is 31.0 Å². The van der Waals surface area contributed by atoms with E-state index in [9.17, 15) is 0 Å². The minimum absolute atomic E-state index is 0.195. The molecular weight excluding hydrogens is 238 g/mol. The summed E-state index contributed by atoms with van der Waals surface area (Å²) >= 11 is 3.47. The highest BCUT2D eigenvalue weighted by Gasteiger charge is 2.19. The topological polar surface area (TPSA) is 26.0 Å². The van der Waals surface area contributed by atoms with E-state index in [1.807, 2.05) is 12.1 Å². The summed E-state index contributed by atoms with van der Waals surface area (Å²) in [6, 6.07) is 8.27. The molecule has 1 aromatic rings. The van der Waals surface area contributed by atoms with Gasteiger partial charge in [0.1, 0.15) is 0 Å². The third-order valence-electron chi connectivity index (χ3n) is 2.53. The largest absolute Gasteiger partial charge is 0.322 e. The Bertz CT molecular complexity index is 294. The van der Waals surface area contributed by atoms with Crippen molar-refractivity contribution in [3.8, 4) is 0 Å². The van der Waals surface area contributed by atoms with Crippen molar-refractivity contribution in [2.24, 2.45) is 5.73 Å². The summed E-state index contributed by atoms with van der Waals surface area (Å²) < 4.78 is 1.10. The van der Waals surface area contributed by atoms with Crippen LogP contribution in [0, 0.1) is 0 Å². The van der Waals surface area contributed by atoms with Gasteiger partial charge in [-0.15, -0.1) is 0 Å². The fraction of sp³-hybridized carbons (Fsp3) is 0.500. The first-order valence-electron chi connectivity index (χ1n) is 5.11. The van der Waals surface area contributed by atoms with Gasteiger partial charge in [0.05, 0.1) is 0 Å². The molecule has 0 heterocycles. The van der Waals surface area contributed by atoms with Gasteiger partial charge in [-0.3, -0.25) is 0 Å². The molecule has 0 saturated heterocycles. The molecule has 0 spiro atoms. The maximum Gasteiger partial charge on any atom is 0.0381 e. The summed E-state index contributed by atoms with van der Waals surface area (Å²) in [5, 5.41) is 0. The maximum atomic E-state index is 6.27. The van der Waals surface area contributed by atoms with Crippen molar-refractivity contribution >= 4 is 15.9 Å². The van der Waals surface area contributed by atoms with E-state index in [0.29, 0.717) is 0 Å². The molecule has 0 aliphatic heterocycles. The van der Waals surface area contributed by atoms with Gasteiger partial charge >= 0.3 is 0 Å². The third-order valence-corrected chi connectivity index (χ3v) is 3.03. The van der Waals surface area contributed by atoms with Crippen LogP contribution in [-0.4, -0.2) is 0 Å². The standard InChI is InChI=1S/C12H18BrN/c1-3-4-8-12(2,14)10-6-5-7-11(13)9-10/h5-7,9H,3-4,8,14H2,1-2H3. The van der Waals surface area contributed by atoms with Crippen molar-refractivity contribution in [1.29, 1.82) is 0 Å². The molecule has 1 atom stereocenters. The Morgan fingerprint density at radius 3 is 2.71 bits per heavy atom. The molecule has 0 amide bonds. The first-order valence-corrected chi connectivity index (χ1v) is 5.90. The van der Waals surface area contributed by atoms with Gasteiger partial charge in [0, 0.05) is 10.0 Å². The van der Waals surface area contributed by atoms with Crippen molar-refractivity contribution in [3.05, 3.63) is 34.3 Å². The monoisotopic (exact) mass is 255 g/mol. The van der Waals surface area contributed by atoms with Crippen LogP contribution in [0.25, 0.3) is 0 Å². The van der Waals surface area contributed by atoms with Crippen molar-refractivity contribution in [2.45, 2.75) is 38.6 Å². The average molecular weight is 256 g/mol. The van der Waals surface area contributed by atoms with Crippen LogP contribution in [-0.2, 0) is 5.54 Å². The number of hydrogen-bond donors (Lipinski definition) is 1. The lowest BCUT2D eigenvalue weighted by Crippen LogP contribution is -2.32. The Labute approximate surface area is 94.8 Å². The highest BCUT2D eigenvalue weighted by Crippen LogP contribution is 2.25. The summed E-state index contributed by atoms with van der Waals surface area (Å²) in [4.78, 5) is 0. The number of halogens is 1. The smallest absolute Gasteiger partial charge is 0.0381 e. The minimum Gasteiger partial charge on any atom is -0.322 e. The molecule has 1 nitrogen and oxygen atoms in total. The summed E-state index contributed by atoms with van der Waals surface area (Å²) in [6.07, 6.45) is 3.42. The van der Waals surface area contributed by atoms with Crippen LogP contribution in [0.2, 0.25) is 0 Å². The van der Waals surface area contributed by atoms with E-state index in [1.165, 1.54) is 18.4 Å². The molecule has 78 valence electrons. The fourth-order valence-electron chi connectivity index (χ4n) is 1.53. The van der Waals surface area contributed by atoms with Crippen LogP contribution >= 0.6 is 15.9 Å². The van der Waals surface area contributed by atoms with E-state index in [-0.39, 0.29) is 5.54 Å². The van der Waals surface area contributed by atoms with Gasteiger partial charge in [-0.25, -0.2) is 0 Å². The second-order valence-electron chi connectivity index (χ2n) is 4.03. The van der Waals surface area contributed by atoms with E-state index < -0.39 is 0 Å². The predicted octanol–water partition coefficient (Wildman–Crippen LogP) is 3.81. The molecule has 14 heavy (non-hydrogen) atoms. The van der Waals surface area contributed by atoms with Crippen LogP contribution in [0.15, 0.2) is 28.7 Å². The minimum atomic E-state index is -0.195. The first kappa shape index (κ1) is 11.7. The Morgan fingerprint density at radius 1 is 1.43 bits per heavy atom. The zero-order chi connectivity index (χ0) is 10.6. The summed E-state index contributed by atoms with van der Waals surface area (Å²) in [5.41, 5.74) is 7.29. The number of rotatable bonds is 4. The normalized spacial score (nSPS) is 15.1. The number of benzene rings is 1. The van der Waals surface area contributed by atoms with Crippen LogP contribution in [0.3, 0.4) is 0 Å². The van der Waals surface area contributed by atoms with Crippen LogP contribution in [0.5, 0.6) is 0 Å². The Balaban J connectivity index is 2.80. The third kappa shape index (κ3) is 3.10. The van der Waals surface area contributed by atoms with Crippen molar-refractivity contribution in [3.63, 3.8) is 0 Å². The predicted molar refractivity (Wildman–Crippen MR) is 65.2 cm³/mol. The highest BCUT2D eigenvalue weighted by atomic mass is 79.9. The Morgan fingerprint density at radius 2 is 2.14 bits per heavy atom. The lowest BCUT2D eigenvalue weighted by Gasteiger charge is -2.25. The quantitative estimate of drug-likeness (QED) is 0.870. The molecule has 0 radical (unpaired) electrons. The van der Waals surface area contributed by atoms with Crippen molar-refractivity contribution in [2.75, 3.05) is 0 Å². The zero-order valence-electron chi connectivity index (χ0n) is 8.89. The lowest BCUT2D eigenvalue weighted by atomic mass is 9.88.